The molecule has 1 saturated heterocycles. The number of hydrogen-bond acceptors (Lipinski definition) is 2. The van der Waals surface area contributed by atoms with Crippen LogP contribution < -0.4 is 0 Å². The van der Waals surface area contributed by atoms with Gasteiger partial charge in [-0.3, -0.25) is 0 Å². The summed E-state index contributed by atoms with van der Waals surface area (Å²) < 4.78 is 27.6. The minimum Gasteiger partial charge on any atom is -0.207 e. The fraction of sp³-hybridized carbons (Fsp3) is 0.625. The minimum atomic E-state index is -3.39. The van der Waals surface area contributed by atoms with Gasteiger partial charge in [0.2, 0.25) is 10.0 Å². The van der Waals surface area contributed by atoms with Crippen molar-refractivity contribution in [2.24, 2.45) is 11.8 Å². The van der Waals surface area contributed by atoms with E-state index in [-0.39, 0.29) is 0 Å². The summed E-state index contributed by atoms with van der Waals surface area (Å²) in [6.07, 6.45) is 3.61. The number of sulfonamides is 1. The van der Waals surface area contributed by atoms with E-state index in [1.807, 2.05) is 19.9 Å². The Balaban J connectivity index is 1.95. The van der Waals surface area contributed by atoms with Crippen molar-refractivity contribution in [3.8, 4) is 0 Å². The van der Waals surface area contributed by atoms with E-state index >= 15 is 0 Å². The van der Waals surface area contributed by atoms with Crippen LogP contribution in [0.5, 0.6) is 0 Å². The van der Waals surface area contributed by atoms with Gasteiger partial charge in [-0.2, -0.15) is 4.31 Å². The largest absolute Gasteiger partial charge is 0.243 e. The van der Waals surface area contributed by atoms with E-state index in [2.05, 4.69) is 0 Å². The molecule has 0 spiro atoms. The van der Waals surface area contributed by atoms with Gasteiger partial charge in [-0.05, 0) is 61.3 Å². The van der Waals surface area contributed by atoms with Crippen LogP contribution in [0.3, 0.4) is 0 Å². The highest BCUT2D eigenvalue weighted by molar-refractivity contribution is 7.89. The van der Waals surface area contributed by atoms with Crippen LogP contribution in [0.4, 0.5) is 0 Å². The molecule has 1 aliphatic heterocycles. The number of benzene rings is 1. The maximum atomic E-state index is 12.9. The van der Waals surface area contributed by atoms with Gasteiger partial charge in [0.1, 0.15) is 0 Å². The monoisotopic (exact) mass is 327 g/mol. The molecule has 3 rings (SSSR count). The van der Waals surface area contributed by atoms with E-state index in [0.29, 0.717) is 35.7 Å². The number of rotatable bonds is 3. The van der Waals surface area contributed by atoms with Gasteiger partial charge in [0.25, 0.3) is 0 Å². The molecule has 1 aromatic carbocycles. The molecule has 1 heterocycles. The molecule has 0 amide bonds. The number of halogens is 1. The molecule has 1 aromatic rings. The molecule has 0 bridgehead atoms. The Kier molecular flexibility index (Phi) is 4.06. The Morgan fingerprint density at radius 3 is 2.33 bits per heavy atom. The van der Waals surface area contributed by atoms with Crippen LogP contribution in [0.15, 0.2) is 17.0 Å². The Morgan fingerprint density at radius 1 is 1.14 bits per heavy atom. The van der Waals surface area contributed by atoms with Crippen molar-refractivity contribution in [2.75, 3.05) is 13.1 Å². The topological polar surface area (TPSA) is 37.4 Å². The quantitative estimate of drug-likeness (QED) is 0.797. The number of alkyl halides is 1. The molecule has 0 radical (unpaired) electrons. The molecule has 2 aliphatic rings. The van der Waals surface area contributed by atoms with Gasteiger partial charge in [-0.15, -0.1) is 11.6 Å². The number of hydrogen-bond donors (Lipinski definition) is 0. The van der Waals surface area contributed by atoms with Crippen molar-refractivity contribution in [1.29, 1.82) is 0 Å². The van der Waals surface area contributed by atoms with Crippen LogP contribution in [0, 0.1) is 25.7 Å². The predicted molar refractivity (Wildman–Crippen MR) is 85.1 cm³/mol. The Hall–Kier alpha value is -0.580. The van der Waals surface area contributed by atoms with Crippen molar-refractivity contribution < 1.29 is 8.42 Å². The standard InChI is InChI=1S/C16H22ClNO2S/c1-11-6-12(2)16(7-15(11)8-17)21(19,20)18-9-13-4-3-5-14(13)10-18/h6-7,13-14H,3-5,8-10H2,1-2H3. The molecule has 1 saturated carbocycles. The summed E-state index contributed by atoms with van der Waals surface area (Å²) in [5.74, 6) is 1.48. The molecule has 5 heteroatoms. The summed E-state index contributed by atoms with van der Waals surface area (Å²) >= 11 is 5.94. The first-order valence-corrected chi connectivity index (χ1v) is 9.57. The smallest absolute Gasteiger partial charge is 0.207 e. The summed E-state index contributed by atoms with van der Waals surface area (Å²) in [7, 11) is -3.39. The van der Waals surface area contributed by atoms with Crippen LogP contribution in [-0.2, 0) is 15.9 Å². The molecular formula is C16H22ClNO2S. The van der Waals surface area contributed by atoms with Crippen LogP contribution in [0.1, 0.15) is 36.0 Å². The summed E-state index contributed by atoms with van der Waals surface area (Å²) in [5, 5.41) is 0. The average molecular weight is 328 g/mol. The van der Waals surface area contributed by atoms with E-state index in [9.17, 15) is 8.42 Å². The highest BCUT2D eigenvalue weighted by atomic mass is 35.5. The lowest BCUT2D eigenvalue weighted by atomic mass is 10.0. The third kappa shape index (κ3) is 2.62. The lowest BCUT2D eigenvalue weighted by molar-refractivity contribution is 0.445. The van der Waals surface area contributed by atoms with Gasteiger partial charge in [0.15, 0.2) is 0 Å². The molecule has 2 fully saturated rings. The third-order valence-electron chi connectivity index (χ3n) is 5.09. The molecule has 2 atom stereocenters. The number of fused-ring (bicyclic) bond motifs is 1. The highest BCUT2D eigenvalue weighted by Gasteiger charge is 2.41. The molecule has 0 aromatic heterocycles. The van der Waals surface area contributed by atoms with Gasteiger partial charge in [0.05, 0.1) is 4.90 Å². The molecule has 0 N–H and O–H groups in total. The first-order chi connectivity index (χ1) is 9.93. The van der Waals surface area contributed by atoms with Gasteiger partial charge < -0.3 is 0 Å². The van der Waals surface area contributed by atoms with Gasteiger partial charge in [-0.1, -0.05) is 12.5 Å². The predicted octanol–water partition coefficient (Wildman–Crippen LogP) is 3.46. The molecule has 21 heavy (non-hydrogen) atoms. The average Bonchev–Trinajstić information content (AvgIpc) is 2.99. The second-order valence-electron chi connectivity index (χ2n) is 6.45. The van der Waals surface area contributed by atoms with Gasteiger partial charge >= 0.3 is 0 Å². The lowest BCUT2D eigenvalue weighted by Gasteiger charge is -2.20. The van der Waals surface area contributed by atoms with Crippen molar-refractivity contribution in [3.05, 3.63) is 28.8 Å². The SMILES string of the molecule is Cc1cc(C)c(S(=O)(=O)N2CC3CCCC3C2)cc1CCl. The summed E-state index contributed by atoms with van der Waals surface area (Å²) in [5.41, 5.74) is 2.78. The van der Waals surface area contributed by atoms with Crippen LogP contribution in [0.25, 0.3) is 0 Å². The van der Waals surface area contributed by atoms with E-state index in [0.717, 1.165) is 16.7 Å². The Bertz CT molecular complexity index is 644. The summed E-state index contributed by atoms with van der Waals surface area (Å²) in [6, 6.07) is 3.70. The first kappa shape index (κ1) is 15.3. The second-order valence-corrected chi connectivity index (χ2v) is 8.62. The third-order valence-corrected chi connectivity index (χ3v) is 7.35. The summed E-state index contributed by atoms with van der Waals surface area (Å²) in [6.45, 7) is 5.23. The molecule has 2 unspecified atom stereocenters. The lowest BCUT2D eigenvalue weighted by Crippen LogP contribution is -2.30. The van der Waals surface area contributed by atoms with Crippen LogP contribution in [-0.4, -0.2) is 25.8 Å². The Morgan fingerprint density at radius 2 is 1.76 bits per heavy atom. The maximum absolute atomic E-state index is 12.9. The van der Waals surface area contributed by atoms with E-state index in [1.54, 1.807) is 10.4 Å². The van der Waals surface area contributed by atoms with Crippen molar-refractivity contribution in [3.63, 3.8) is 0 Å². The van der Waals surface area contributed by atoms with Gasteiger partial charge in [-0.25, -0.2) is 8.42 Å². The van der Waals surface area contributed by atoms with Crippen molar-refractivity contribution in [2.45, 2.75) is 43.9 Å². The first-order valence-electron chi connectivity index (χ1n) is 7.59. The summed E-state index contributed by atoms with van der Waals surface area (Å²) in [4.78, 5) is 0.434. The zero-order valence-electron chi connectivity index (χ0n) is 12.6. The van der Waals surface area contributed by atoms with Crippen molar-refractivity contribution in [1.82, 2.24) is 4.31 Å². The minimum absolute atomic E-state index is 0.347. The number of nitrogens with zero attached hydrogens (tertiary/aromatic N) is 1. The van der Waals surface area contributed by atoms with Crippen LogP contribution >= 0.6 is 11.6 Å². The van der Waals surface area contributed by atoms with E-state index in [1.165, 1.54) is 19.3 Å². The fourth-order valence-corrected chi connectivity index (χ4v) is 5.92. The zero-order chi connectivity index (χ0) is 15.2. The molecule has 3 nitrogen and oxygen atoms in total. The van der Waals surface area contributed by atoms with E-state index < -0.39 is 10.0 Å². The fourth-order valence-electron chi connectivity index (χ4n) is 3.82. The van der Waals surface area contributed by atoms with Crippen molar-refractivity contribution >= 4 is 21.6 Å². The number of aryl methyl sites for hydroxylation is 2. The molecular weight excluding hydrogens is 306 g/mol. The maximum Gasteiger partial charge on any atom is 0.243 e. The van der Waals surface area contributed by atoms with E-state index in [4.69, 9.17) is 11.6 Å². The van der Waals surface area contributed by atoms with Gasteiger partial charge in [0, 0.05) is 19.0 Å². The highest BCUT2D eigenvalue weighted by Crippen LogP contribution is 2.40. The van der Waals surface area contributed by atoms with Crippen LogP contribution in [0.2, 0.25) is 0 Å². The zero-order valence-corrected chi connectivity index (χ0v) is 14.2. The normalized spacial score (nSPS) is 26.2. The Labute approximate surface area is 132 Å². The molecule has 1 aliphatic carbocycles. The molecule has 116 valence electrons. The second kappa shape index (κ2) is 5.56.